The van der Waals surface area contributed by atoms with Gasteiger partial charge in [0.2, 0.25) is 5.92 Å². The Morgan fingerprint density at radius 1 is 1.05 bits per heavy atom. The van der Waals surface area contributed by atoms with Crippen molar-refractivity contribution in [3.05, 3.63) is 0 Å². The molecule has 124 valence electrons. The molecule has 4 aliphatic rings. The third-order valence-corrected chi connectivity index (χ3v) is 8.18. The van der Waals surface area contributed by atoms with Gasteiger partial charge < -0.3 is 0 Å². The van der Waals surface area contributed by atoms with Crippen molar-refractivity contribution in [1.29, 1.82) is 0 Å². The molecule has 4 fully saturated rings. The van der Waals surface area contributed by atoms with Gasteiger partial charge in [-0.3, -0.25) is 4.79 Å². The van der Waals surface area contributed by atoms with Crippen molar-refractivity contribution in [2.24, 2.45) is 34.5 Å². The second-order valence-corrected chi connectivity index (χ2v) is 9.33. The van der Waals surface area contributed by atoms with Gasteiger partial charge in [-0.05, 0) is 66.6 Å². The zero-order valence-corrected chi connectivity index (χ0v) is 13.8. The van der Waals surface area contributed by atoms with Gasteiger partial charge in [0.25, 0.3) is 0 Å². The molecule has 0 spiro atoms. The van der Waals surface area contributed by atoms with E-state index < -0.39 is 5.92 Å². The first-order chi connectivity index (χ1) is 10.2. The highest BCUT2D eigenvalue weighted by Gasteiger charge is 2.62. The van der Waals surface area contributed by atoms with E-state index in [1.54, 1.807) is 0 Å². The van der Waals surface area contributed by atoms with E-state index in [0.29, 0.717) is 30.0 Å². The van der Waals surface area contributed by atoms with Crippen molar-refractivity contribution in [2.45, 2.75) is 77.6 Å². The summed E-state index contributed by atoms with van der Waals surface area (Å²) < 4.78 is 28.2. The molecule has 0 heterocycles. The number of hydrogen-bond acceptors (Lipinski definition) is 1. The van der Waals surface area contributed by atoms with Gasteiger partial charge in [0, 0.05) is 25.7 Å². The molecule has 6 atom stereocenters. The summed E-state index contributed by atoms with van der Waals surface area (Å²) in [6.45, 7) is 4.49. The van der Waals surface area contributed by atoms with Crippen molar-refractivity contribution in [1.82, 2.24) is 0 Å². The molecule has 4 saturated carbocycles. The van der Waals surface area contributed by atoms with Gasteiger partial charge in [-0.25, -0.2) is 8.78 Å². The zero-order valence-electron chi connectivity index (χ0n) is 13.8. The second-order valence-electron chi connectivity index (χ2n) is 9.33. The van der Waals surface area contributed by atoms with Crippen LogP contribution < -0.4 is 0 Å². The molecule has 0 N–H and O–H groups in total. The van der Waals surface area contributed by atoms with Gasteiger partial charge in [-0.15, -0.1) is 0 Å². The standard InChI is InChI=1S/C19H28F2O/c1-17-7-6-15-14(16(17)10-19(20,21)11-17)4-3-12-9-13(22)5-8-18(12,15)2/h12,14-16H,3-11H2,1-2H3/t12-,14-,15+,16-,17+,18+/m0/s1. The van der Waals surface area contributed by atoms with Gasteiger partial charge in [-0.1, -0.05) is 13.8 Å². The summed E-state index contributed by atoms with van der Waals surface area (Å²) in [6, 6.07) is 0. The fourth-order valence-electron chi connectivity index (χ4n) is 7.04. The lowest BCUT2D eigenvalue weighted by Gasteiger charge is -2.59. The van der Waals surface area contributed by atoms with Gasteiger partial charge in [-0.2, -0.15) is 0 Å². The average molecular weight is 310 g/mol. The Morgan fingerprint density at radius 2 is 1.82 bits per heavy atom. The maximum atomic E-state index is 14.1. The highest BCUT2D eigenvalue weighted by atomic mass is 19.3. The number of carbonyl (C=O) groups is 1. The average Bonchev–Trinajstić information content (AvgIpc) is 2.68. The second kappa shape index (κ2) is 4.54. The first-order valence-corrected chi connectivity index (χ1v) is 9.13. The number of alkyl halides is 2. The number of fused-ring (bicyclic) bond motifs is 5. The molecule has 4 aliphatic carbocycles. The summed E-state index contributed by atoms with van der Waals surface area (Å²) >= 11 is 0. The van der Waals surface area contributed by atoms with Crippen LogP contribution in [0.5, 0.6) is 0 Å². The maximum Gasteiger partial charge on any atom is 0.249 e. The molecular formula is C19H28F2O. The molecule has 0 aromatic carbocycles. The summed E-state index contributed by atoms with van der Waals surface area (Å²) in [4.78, 5) is 11.8. The lowest BCUT2D eigenvalue weighted by atomic mass is 9.45. The summed E-state index contributed by atoms with van der Waals surface area (Å²) in [5, 5.41) is 0. The maximum absolute atomic E-state index is 14.1. The highest BCUT2D eigenvalue weighted by molar-refractivity contribution is 5.79. The van der Waals surface area contributed by atoms with E-state index in [2.05, 4.69) is 13.8 Å². The number of ketones is 1. The Morgan fingerprint density at radius 3 is 2.59 bits per heavy atom. The minimum Gasteiger partial charge on any atom is -0.300 e. The van der Waals surface area contributed by atoms with E-state index in [1.807, 2.05) is 0 Å². The lowest BCUT2D eigenvalue weighted by molar-refractivity contribution is -0.137. The SMILES string of the molecule is C[C@]12CC[C@@H]3[C@H](CC[C@H]4CC(=O)CC[C@]43C)[C@@H]1CC(F)(F)C2. The molecule has 4 rings (SSSR count). The van der Waals surface area contributed by atoms with E-state index in [1.165, 1.54) is 0 Å². The Balaban J connectivity index is 1.64. The molecule has 0 unspecified atom stereocenters. The van der Waals surface area contributed by atoms with E-state index in [0.717, 1.165) is 38.5 Å². The predicted octanol–water partition coefficient (Wildman–Crippen LogP) is 5.23. The molecule has 0 radical (unpaired) electrons. The van der Waals surface area contributed by atoms with E-state index >= 15 is 0 Å². The van der Waals surface area contributed by atoms with E-state index in [4.69, 9.17) is 0 Å². The van der Waals surface area contributed by atoms with Crippen LogP contribution in [0.1, 0.15) is 71.6 Å². The molecule has 0 saturated heterocycles. The monoisotopic (exact) mass is 310 g/mol. The highest BCUT2D eigenvalue weighted by Crippen LogP contribution is 2.67. The van der Waals surface area contributed by atoms with Crippen molar-refractivity contribution in [3.63, 3.8) is 0 Å². The van der Waals surface area contributed by atoms with Crippen LogP contribution in [-0.2, 0) is 4.79 Å². The van der Waals surface area contributed by atoms with E-state index in [-0.39, 0.29) is 29.6 Å². The fraction of sp³-hybridized carbons (Fsp3) is 0.947. The normalized spacial score (nSPS) is 53.5. The minimum atomic E-state index is -2.45. The van der Waals surface area contributed by atoms with Crippen LogP contribution in [0.25, 0.3) is 0 Å². The Hall–Kier alpha value is -0.470. The van der Waals surface area contributed by atoms with Gasteiger partial charge in [0.1, 0.15) is 5.78 Å². The molecule has 0 amide bonds. The summed E-state index contributed by atoms with van der Waals surface area (Å²) in [6.07, 6.45) is 6.91. The van der Waals surface area contributed by atoms with Crippen molar-refractivity contribution in [2.75, 3.05) is 0 Å². The number of rotatable bonds is 0. The van der Waals surface area contributed by atoms with Crippen molar-refractivity contribution >= 4 is 5.78 Å². The van der Waals surface area contributed by atoms with Crippen molar-refractivity contribution < 1.29 is 13.6 Å². The number of carbonyl (C=O) groups excluding carboxylic acids is 1. The molecule has 22 heavy (non-hydrogen) atoms. The van der Waals surface area contributed by atoms with Crippen LogP contribution in [0.4, 0.5) is 8.78 Å². The van der Waals surface area contributed by atoms with Crippen LogP contribution in [0, 0.1) is 34.5 Å². The Labute approximate surface area is 132 Å². The Bertz CT molecular complexity index is 502. The van der Waals surface area contributed by atoms with E-state index in [9.17, 15) is 13.6 Å². The largest absolute Gasteiger partial charge is 0.300 e. The predicted molar refractivity (Wildman–Crippen MR) is 81.7 cm³/mol. The Kier molecular flexibility index (Phi) is 3.11. The molecule has 0 aromatic heterocycles. The molecule has 0 aliphatic heterocycles. The summed E-state index contributed by atoms with van der Waals surface area (Å²) in [7, 11) is 0. The van der Waals surface area contributed by atoms with Gasteiger partial charge in [0.15, 0.2) is 0 Å². The number of halogens is 2. The quantitative estimate of drug-likeness (QED) is 0.598. The van der Waals surface area contributed by atoms with Gasteiger partial charge in [0.05, 0.1) is 0 Å². The molecule has 0 aromatic rings. The number of hydrogen-bond donors (Lipinski definition) is 0. The van der Waals surface area contributed by atoms with Crippen LogP contribution in [0.2, 0.25) is 0 Å². The lowest BCUT2D eigenvalue weighted by Crippen LogP contribution is -2.52. The first kappa shape index (κ1) is 15.1. The third kappa shape index (κ3) is 2.03. The van der Waals surface area contributed by atoms with Crippen LogP contribution in [0.3, 0.4) is 0 Å². The van der Waals surface area contributed by atoms with Gasteiger partial charge >= 0.3 is 0 Å². The smallest absolute Gasteiger partial charge is 0.249 e. The topological polar surface area (TPSA) is 17.1 Å². The van der Waals surface area contributed by atoms with Crippen LogP contribution >= 0.6 is 0 Å². The molecule has 3 heteroatoms. The fourth-order valence-corrected chi connectivity index (χ4v) is 7.04. The van der Waals surface area contributed by atoms with Crippen LogP contribution in [-0.4, -0.2) is 11.7 Å². The zero-order chi connectivity index (χ0) is 15.8. The first-order valence-electron chi connectivity index (χ1n) is 9.13. The van der Waals surface area contributed by atoms with Crippen molar-refractivity contribution in [3.8, 4) is 0 Å². The molecule has 1 nitrogen and oxygen atoms in total. The molecule has 0 bridgehead atoms. The van der Waals surface area contributed by atoms with Crippen LogP contribution in [0.15, 0.2) is 0 Å². The minimum absolute atomic E-state index is 0.104. The third-order valence-electron chi connectivity index (χ3n) is 8.18. The number of Topliss-reactive ketones (excluding diaryl/α,β-unsaturated/α-hetero) is 1. The summed E-state index contributed by atoms with van der Waals surface area (Å²) in [5.74, 6) is -0.256. The summed E-state index contributed by atoms with van der Waals surface area (Å²) in [5.41, 5.74) is 0.0916. The molecular weight excluding hydrogens is 282 g/mol.